The summed E-state index contributed by atoms with van der Waals surface area (Å²) >= 11 is 0. The lowest BCUT2D eigenvalue weighted by atomic mass is 10.0. The van der Waals surface area contributed by atoms with Crippen molar-refractivity contribution in [3.05, 3.63) is 47.9 Å². The van der Waals surface area contributed by atoms with Crippen LogP contribution in [0.15, 0.2) is 36.7 Å². The van der Waals surface area contributed by atoms with Gasteiger partial charge in [0.05, 0.1) is 17.0 Å². The summed E-state index contributed by atoms with van der Waals surface area (Å²) in [7, 11) is -3.83. The second kappa shape index (κ2) is 5.41. The Morgan fingerprint density at radius 3 is 2.43 bits per heavy atom. The summed E-state index contributed by atoms with van der Waals surface area (Å²) in [6.07, 6.45) is -3.54. The highest BCUT2D eigenvalue weighted by Gasteiger charge is 2.33. The predicted octanol–water partition coefficient (Wildman–Crippen LogP) is 1.95. The second-order valence-corrected chi connectivity index (χ2v) is 5.86. The zero-order valence-electron chi connectivity index (χ0n) is 10.5. The van der Waals surface area contributed by atoms with Gasteiger partial charge >= 0.3 is 6.18 Å². The number of hydrogen-bond donors (Lipinski definition) is 1. The number of sulfonamides is 1. The van der Waals surface area contributed by atoms with Crippen molar-refractivity contribution in [2.45, 2.75) is 11.9 Å². The van der Waals surface area contributed by atoms with E-state index in [0.717, 1.165) is 12.4 Å². The molecular formula is C12H10F3N3O2S. The average molecular weight is 317 g/mol. The molecule has 0 aliphatic carbocycles. The molecule has 112 valence electrons. The average Bonchev–Trinajstić information content (AvgIpc) is 2.36. The molecule has 0 aliphatic rings. The summed E-state index contributed by atoms with van der Waals surface area (Å²) in [5.74, 6) is -0.573. The molecule has 0 unspecified atom stereocenters. The van der Waals surface area contributed by atoms with E-state index < -0.39 is 27.5 Å². The first kappa shape index (κ1) is 15.4. The van der Waals surface area contributed by atoms with Crippen molar-refractivity contribution in [2.24, 2.45) is 5.14 Å². The molecule has 0 saturated carbocycles. The quantitative estimate of drug-likeness (QED) is 0.937. The molecule has 0 fully saturated rings. The third kappa shape index (κ3) is 3.99. The van der Waals surface area contributed by atoms with Gasteiger partial charge in [0.15, 0.2) is 0 Å². The van der Waals surface area contributed by atoms with E-state index in [4.69, 9.17) is 5.14 Å². The molecule has 9 heteroatoms. The van der Waals surface area contributed by atoms with E-state index in [9.17, 15) is 21.6 Å². The minimum absolute atomic E-state index is 0.0171. The van der Waals surface area contributed by atoms with E-state index >= 15 is 0 Å². The number of halogens is 3. The van der Waals surface area contributed by atoms with Gasteiger partial charge in [-0.1, -0.05) is 18.2 Å². The molecule has 21 heavy (non-hydrogen) atoms. The summed E-state index contributed by atoms with van der Waals surface area (Å²) < 4.78 is 60.9. The van der Waals surface area contributed by atoms with Gasteiger partial charge in [-0.25, -0.2) is 23.5 Å². The summed E-state index contributed by atoms with van der Waals surface area (Å²) in [4.78, 5) is 7.46. The lowest BCUT2D eigenvalue weighted by Gasteiger charge is -2.12. The lowest BCUT2D eigenvalue weighted by Crippen LogP contribution is -2.15. The Hall–Kier alpha value is -2.00. The Labute approximate surface area is 118 Å². The van der Waals surface area contributed by atoms with Crippen LogP contribution in [-0.4, -0.2) is 18.4 Å². The topological polar surface area (TPSA) is 85.9 Å². The van der Waals surface area contributed by atoms with Gasteiger partial charge in [-0.3, -0.25) is 0 Å². The van der Waals surface area contributed by atoms with Crippen LogP contribution in [0.2, 0.25) is 0 Å². The molecule has 0 spiro atoms. The van der Waals surface area contributed by atoms with Crippen LogP contribution in [0.3, 0.4) is 0 Å². The zero-order valence-corrected chi connectivity index (χ0v) is 11.3. The van der Waals surface area contributed by atoms with E-state index in [2.05, 4.69) is 9.97 Å². The molecule has 1 aromatic carbocycles. The maximum absolute atomic E-state index is 12.9. The Balaban J connectivity index is 2.51. The highest BCUT2D eigenvalue weighted by atomic mass is 32.2. The minimum atomic E-state index is -4.54. The first-order valence-electron chi connectivity index (χ1n) is 5.65. The van der Waals surface area contributed by atoms with Gasteiger partial charge < -0.3 is 0 Å². The number of alkyl halides is 3. The minimum Gasteiger partial charge on any atom is -0.240 e. The van der Waals surface area contributed by atoms with Crippen LogP contribution in [0.1, 0.15) is 11.3 Å². The first-order chi connectivity index (χ1) is 9.67. The summed E-state index contributed by atoms with van der Waals surface area (Å²) in [6, 6.07) is 6.06. The predicted molar refractivity (Wildman–Crippen MR) is 69.3 cm³/mol. The molecule has 0 bridgehead atoms. The van der Waals surface area contributed by atoms with Crippen LogP contribution < -0.4 is 5.14 Å². The largest absolute Gasteiger partial charge is 0.417 e. The van der Waals surface area contributed by atoms with E-state index in [1.165, 1.54) is 24.3 Å². The van der Waals surface area contributed by atoms with Crippen molar-refractivity contribution in [3.8, 4) is 11.3 Å². The van der Waals surface area contributed by atoms with Crippen LogP contribution in [0.25, 0.3) is 11.3 Å². The Morgan fingerprint density at radius 1 is 1.14 bits per heavy atom. The number of hydrogen-bond acceptors (Lipinski definition) is 4. The molecular weight excluding hydrogens is 307 g/mol. The van der Waals surface area contributed by atoms with E-state index in [-0.39, 0.29) is 17.0 Å². The number of nitrogens with two attached hydrogens (primary N) is 1. The van der Waals surface area contributed by atoms with Gasteiger partial charge in [-0.2, -0.15) is 13.2 Å². The van der Waals surface area contributed by atoms with Crippen molar-refractivity contribution in [1.29, 1.82) is 0 Å². The number of nitrogens with zero attached hydrogens (tertiary/aromatic N) is 2. The fourth-order valence-electron chi connectivity index (χ4n) is 1.78. The molecule has 2 aromatic rings. The molecule has 2 N–H and O–H groups in total. The second-order valence-electron chi connectivity index (χ2n) is 4.25. The van der Waals surface area contributed by atoms with Crippen LogP contribution in [0.5, 0.6) is 0 Å². The molecule has 2 rings (SSSR count). The number of benzene rings is 1. The maximum Gasteiger partial charge on any atom is 0.417 e. The van der Waals surface area contributed by atoms with Crippen molar-refractivity contribution in [1.82, 2.24) is 9.97 Å². The molecule has 0 saturated heterocycles. The maximum atomic E-state index is 12.9. The van der Waals surface area contributed by atoms with Crippen molar-refractivity contribution in [2.75, 3.05) is 0 Å². The Kier molecular flexibility index (Phi) is 3.97. The summed E-state index contributed by atoms with van der Waals surface area (Å²) in [6.45, 7) is 0. The standard InChI is InChI=1S/C12H10F3N3O2S/c13-12(14,15)10-4-2-1-3-9(10)11-5-8(17-7-18-11)6-21(16,19)20/h1-5,7H,6H2,(H2,16,19,20). The molecule has 0 atom stereocenters. The monoisotopic (exact) mass is 317 g/mol. The van der Waals surface area contributed by atoms with Crippen molar-refractivity contribution < 1.29 is 21.6 Å². The highest BCUT2D eigenvalue weighted by Crippen LogP contribution is 2.36. The van der Waals surface area contributed by atoms with Gasteiger partial charge in [0.1, 0.15) is 12.1 Å². The summed E-state index contributed by atoms with van der Waals surface area (Å²) in [5, 5.41) is 4.89. The molecule has 1 aromatic heterocycles. The number of primary sulfonamides is 1. The fourth-order valence-corrected chi connectivity index (χ4v) is 2.35. The van der Waals surface area contributed by atoms with Crippen LogP contribution >= 0.6 is 0 Å². The van der Waals surface area contributed by atoms with Gasteiger partial charge in [0.2, 0.25) is 10.0 Å². The molecule has 0 radical (unpaired) electrons. The zero-order chi connectivity index (χ0) is 15.7. The van der Waals surface area contributed by atoms with E-state index in [0.29, 0.717) is 0 Å². The smallest absolute Gasteiger partial charge is 0.240 e. The van der Waals surface area contributed by atoms with Crippen molar-refractivity contribution in [3.63, 3.8) is 0 Å². The van der Waals surface area contributed by atoms with E-state index in [1.807, 2.05) is 0 Å². The van der Waals surface area contributed by atoms with Crippen molar-refractivity contribution >= 4 is 10.0 Å². The number of aromatic nitrogens is 2. The molecule has 0 amide bonds. The number of rotatable bonds is 3. The lowest BCUT2D eigenvalue weighted by molar-refractivity contribution is -0.137. The first-order valence-corrected chi connectivity index (χ1v) is 7.36. The third-order valence-corrected chi connectivity index (χ3v) is 3.28. The SMILES string of the molecule is NS(=O)(=O)Cc1cc(-c2ccccc2C(F)(F)F)ncn1. The molecule has 5 nitrogen and oxygen atoms in total. The normalized spacial score (nSPS) is 12.4. The van der Waals surface area contributed by atoms with E-state index in [1.54, 1.807) is 0 Å². The molecule has 0 aliphatic heterocycles. The Bertz CT molecular complexity index is 760. The van der Waals surface area contributed by atoms with Crippen LogP contribution in [-0.2, 0) is 22.0 Å². The highest BCUT2D eigenvalue weighted by molar-refractivity contribution is 7.88. The van der Waals surface area contributed by atoms with Gasteiger partial charge in [-0.15, -0.1) is 0 Å². The van der Waals surface area contributed by atoms with Gasteiger partial charge in [0, 0.05) is 5.56 Å². The van der Waals surface area contributed by atoms with Gasteiger partial charge in [-0.05, 0) is 12.1 Å². The van der Waals surface area contributed by atoms with Crippen LogP contribution in [0, 0.1) is 0 Å². The Morgan fingerprint density at radius 2 is 1.81 bits per heavy atom. The van der Waals surface area contributed by atoms with Crippen LogP contribution in [0.4, 0.5) is 13.2 Å². The van der Waals surface area contributed by atoms with Gasteiger partial charge in [0.25, 0.3) is 0 Å². The molecule has 1 heterocycles. The third-order valence-electron chi connectivity index (χ3n) is 2.58. The summed E-state index contributed by atoms with van der Waals surface area (Å²) in [5.41, 5.74) is -0.996. The fraction of sp³-hybridized carbons (Fsp3) is 0.167.